The second-order valence-electron chi connectivity index (χ2n) is 6.55. The SMILES string of the molecule is COCCn1c(=O)c2c(nc3n(-c4cccc(OC)c4)c(C)cn23)n(C)c1=O. The quantitative estimate of drug-likeness (QED) is 0.515. The van der Waals surface area contributed by atoms with Crippen LogP contribution >= 0.6 is 0 Å². The number of rotatable bonds is 5. The van der Waals surface area contributed by atoms with E-state index in [9.17, 15) is 9.59 Å². The highest BCUT2D eigenvalue weighted by atomic mass is 16.5. The second kappa shape index (κ2) is 6.68. The smallest absolute Gasteiger partial charge is 0.332 e. The molecule has 0 saturated carbocycles. The van der Waals surface area contributed by atoms with Gasteiger partial charge in [-0.15, -0.1) is 0 Å². The number of nitrogens with zero attached hydrogens (tertiary/aromatic N) is 5. The fraction of sp³-hybridized carbons (Fsp3) is 0.316. The maximum absolute atomic E-state index is 13.0. The Morgan fingerprint density at radius 3 is 2.68 bits per heavy atom. The van der Waals surface area contributed by atoms with Crippen LogP contribution in [0.2, 0.25) is 0 Å². The van der Waals surface area contributed by atoms with Gasteiger partial charge in [-0.3, -0.25) is 22.9 Å². The van der Waals surface area contributed by atoms with E-state index in [1.54, 1.807) is 18.6 Å². The molecular formula is C19H21N5O4. The van der Waals surface area contributed by atoms with Crippen LogP contribution in [0.3, 0.4) is 0 Å². The van der Waals surface area contributed by atoms with Crippen LogP contribution in [0.25, 0.3) is 22.6 Å². The van der Waals surface area contributed by atoms with Gasteiger partial charge < -0.3 is 9.47 Å². The number of aryl methyl sites for hydroxylation is 2. The fourth-order valence-corrected chi connectivity index (χ4v) is 3.46. The van der Waals surface area contributed by atoms with Crippen molar-refractivity contribution in [2.75, 3.05) is 20.8 Å². The van der Waals surface area contributed by atoms with Crippen LogP contribution in [0.5, 0.6) is 5.75 Å². The van der Waals surface area contributed by atoms with Crippen LogP contribution in [0, 0.1) is 6.92 Å². The Balaban J connectivity index is 2.06. The largest absolute Gasteiger partial charge is 0.497 e. The maximum atomic E-state index is 13.0. The first-order chi connectivity index (χ1) is 13.5. The molecule has 28 heavy (non-hydrogen) atoms. The zero-order valence-corrected chi connectivity index (χ0v) is 16.2. The highest BCUT2D eigenvalue weighted by Gasteiger charge is 2.20. The second-order valence-corrected chi connectivity index (χ2v) is 6.55. The molecule has 146 valence electrons. The Morgan fingerprint density at radius 2 is 1.96 bits per heavy atom. The molecule has 0 aliphatic carbocycles. The van der Waals surface area contributed by atoms with Crippen LogP contribution < -0.4 is 16.0 Å². The van der Waals surface area contributed by atoms with Crippen LogP contribution in [0.15, 0.2) is 40.1 Å². The van der Waals surface area contributed by atoms with Gasteiger partial charge >= 0.3 is 5.69 Å². The van der Waals surface area contributed by atoms with E-state index in [-0.39, 0.29) is 18.7 Å². The summed E-state index contributed by atoms with van der Waals surface area (Å²) in [5, 5.41) is 0. The van der Waals surface area contributed by atoms with Crippen molar-refractivity contribution in [1.82, 2.24) is 23.1 Å². The van der Waals surface area contributed by atoms with Crippen LogP contribution in [-0.2, 0) is 18.3 Å². The molecule has 0 atom stereocenters. The molecule has 0 unspecified atom stereocenters. The van der Waals surface area contributed by atoms with Crippen molar-refractivity contribution >= 4 is 16.9 Å². The normalized spacial score (nSPS) is 11.6. The lowest BCUT2D eigenvalue weighted by molar-refractivity contribution is 0.184. The van der Waals surface area contributed by atoms with Crippen molar-refractivity contribution < 1.29 is 9.47 Å². The number of fused-ring (bicyclic) bond motifs is 3. The number of imidazole rings is 2. The predicted molar refractivity (Wildman–Crippen MR) is 105 cm³/mol. The molecule has 0 bridgehead atoms. The van der Waals surface area contributed by atoms with Gasteiger partial charge in [0.2, 0.25) is 5.78 Å². The number of hydrogen-bond donors (Lipinski definition) is 0. The average Bonchev–Trinajstić information content (AvgIpc) is 3.20. The molecule has 4 rings (SSSR count). The summed E-state index contributed by atoms with van der Waals surface area (Å²) in [5.41, 5.74) is 1.65. The van der Waals surface area contributed by atoms with Crippen molar-refractivity contribution in [1.29, 1.82) is 0 Å². The van der Waals surface area contributed by atoms with E-state index in [2.05, 4.69) is 4.98 Å². The summed E-state index contributed by atoms with van der Waals surface area (Å²) in [6.45, 7) is 2.39. The number of aromatic nitrogens is 5. The van der Waals surface area contributed by atoms with Crippen molar-refractivity contribution in [3.05, 3.63) is 57.0 Å². The number of ether oxygens (including phenoxy) is 2. The minimum absolute atomic E-state index is 0.181. The van der Waals surface area contributed by atoms with Crippen molar-refractivity contribution in [3.8, 4) is 11.4 Å². The minimum atomic E-state index is -0.417. The van der Waals surface area contributed by atoms with E-state index < -0.39 is 5.69 Å². The first kappa shape index (κ1) is 18.1. The molecule has 9 heteroatoms. The van der Waals surface area contributed by atoms with Gasteiger partial charge in [-0.25, -0.2) is 4.79 Å². The minimum Gasteiger partial charge on any atom is -0.497 e. The van der Waals surface area contributed by atoms with Crippen LogP contribution in [0.1, 0.15) is 5.69 Å². The lowest BCUT2D eigenvalue weighted by Crippen LogP contribution is -2.40. The molecular weight excluding hydrogens is 362 g/mol. The number of benzene rings is 1. The highest BCUT2D eigenvalue weighted by Crippen LogP contribution is 2.23. The Kier molecular flexibility index (Phi) is 4.31. The summed E-state index contributed by atoms with van der Waals surface area (Å²) in [4.78, 5) is 30.3. The summed E-state index contributed by atoms with van der Waals surface area (Å²) >= 11 is 0. The van der Waals surface area contributed by atoms with E-state index in [1.807, 2.05) is 42.0 Å². The van der Waals surface area contributed by atoms with Crippen molar-refractivity contribution in [3.63, 3.8) is 0 Å². The molecule has 1 aromatic carbocycles. The zero-order chi connectivity index (χ0) is 20.0. The molecule has 3 aromatic heterocycles. The van der Waals surface area contributed by atoms with E-state index in [4.69, 9.17) is 9.47 Å². The third-order valence-electron chi connectivity index (χ3n) is 4.86. The van der Waals surface area contributed by atoms with E-state index in [1.165, 1.54) is 16.2 Å². The third kappa shape index (κ3) is 2.55. The summed E-state index contributed by atoms with van der Waals surface area (Å²) in [6.07, 6.45) is 1.84. The van der Waals surface area contributed by atoms with Crippen LogP contribution in [-0.4, -0.2) is 43.9 Å². The molecule has 0 N–H and O–H groups in total. The lowest BCUT2D eigenvalue weighted by Gasteiger charge is -2.08. The molecule has 3 heterocycles. The molecule has 9 nitrogen and oxygen atoms in total. The van der Waals surface area contributed by atoms with E-state index in [0.29, 0.717) is 22.7 Å². The van der Waals surface area contributed by atoms with Gasteiger partial charge in [-0.1, -0.05) is 6.07 Å². The Labute approximate surface area is 160 Å². The third-order valence-corrected chi connectivity index (χ3v) is 4.86. The average molecular weight is 383 g/mol. The lowest BCUT2D eigenvalue weighted by atomic mass is 10.3. The summed E-state index contributed by atoms with van der Waals surface area (Å²) in [6, 6.07) is 7.58. The van der Waals surface area contributed by atoms with Gasteiger partial charge in [0, 0.05) is 32.1 Å². The van der Waals surface area contributed by atoms with Gasteiger partial charge in [0.25, 0.3) is 5.56 Å². The fourth-order valence-electron chi connectivity index (χ4n) is 3.46. The Morgan fingerprint density at radius 1 is 1.18 bits per heavy atom. The molecule has 0 fully saturated rings. The topological polar surface area (TPSA) is 84.7 Å². The van der Waals surface area contributed by atoms with Crippen molar-refractivity contribution in [2.45, 2.75) is 13.5 Å². The van der Waals surface area contributed by atoms with Gasteiger partial charge in [-0.2, -0.15) is 4.98 Å². The van der Waals surface area contributed by atoms with E-state index >= 15 is 0 Å². The summed E-state index contributed by atoms with van der Waals surface area (Å²) in [7, 11) is 4.75. The predicted octanol–water partition coefficient (Wildman–Crippen LogP) is 1.10. The molecule has 4 aromatic rings. The molecule has 0 aliphatic rings. The summed E-state index contributed by atoms with van der Waals surface area (Å²) in [5.74, 6) is 1.27. The molecule has 0 radical (unpaired) electrons. The monoisotopic (exact) mass is 383 g/mol. The van der Waals surface area contributed by atoms with Crippen LogP contribution in [0.4, 0.5) is 0 Å². The summed E-state index contributed by atoms with van der Waals surface area (Å²) < 4.78 is 16.6. The van der Waals surface area contributed by atoms with E-state index in [0.717, 1.165) is 11.4 Å². The standard InChI is InChI=1S/C19H21N5O4/c1-12-11-23-15-16(21(2)19(26)22(17(15)25)8-9-27-3)20-18(23)24(12)13-6-5-7-14(10-13)28-4/h5-7,10-11H,8-9H2,1-4H3. The maximum Gasteiger partial charge on any atom is 0.332 e. The molecule has 0 spiro atoms. The Bertz CT molecular complexity index is 1310. The van der Waals surface area contributed by atoms with Gasteiger partial charge in [-0.05, 0) is 19.1 Å². The van der Waals surface area contributed by atoms with Crippen molar-refractivity contribution in [2.24, 2.45) is 7.05 Å². The number of hydrogen-bond acceptors (Lipinski definition) is 5. The molecule has 0 saturated heterocycles. The number of methoxy groups -OCH3 is 2. The van der Waals surface area contributed by atoms with Gasteiger partial charge in [0.1, 0.15) is 5.75 Å². The molecule has 0 amide bonds. The first-order valence-electron chi connectivity index (χ1n) is 8.81. The first-order valence-corrected chi connectivity index (χ1v) is 8.81. The zero-order valence-electron chi connectivity index (χ0n) is 16.2. The van der Waals surface area contributed by atoms with Gasteiger partial charge in [0.05, 0.1) is 25.9 Å². The molecule has 0 aliphatic heterocycles. The Hall–Kier alpha value is -3.33. The highest BCUT2D eigenvalue weighted by molar-refractivity contribution is 5.76. The van der Waals surface area contributed by atoms with Gasteiger partial charge in [0.15, 0.2) is 11.2 Å².